The largest absolute Gasteiger partial charge is 0.507 e. The maximum Gasteiger partial charge on any atom is 0.301 e. The fourth-order valence-electron chi connectivity index (χ4n) is 4.51. The zero-order chi connectivity index (χ0) is 24.5. The molecule has 1 saturated heterocycles. The first-order valence-electron chi connectivity index (χ1n) is 11.7. The molecule has 2 atom stereocenters. The number of aliphatic hydroxyl groups is 1. The number of hydrogen-bond acceptors (Lipinski definition) is 7. The number of thiazole rings is 1. The number of nitrogens with zero attached hydrogens (tertiary/aromatic N) is 2. The number of benzene rings is 2. The van der Waals surface area contributed by atoms with Crippen LogP contribution in [0.2, 0.25) is 0 Å². The summed E-state index contributed by atoms with van der Waals surface area (Å²) in [4.78, 5) is 32.2. The van der Waals surface area contributed by atoms with Crippen LogP contribution in [-0.4, -0.2) is 34.5 Å². The Bertz CT molecular complexity index is 1300. The standard InChI is InChI=1S/C27H26N2O5S/c1-3-4-11-33-20-7-5-6-17(15-20)23-22(25(31)26(32)29(23)27-28-10-12-35-27)24(30)18-8-9-21-19(14-18)13-16(2)34-21/h5-10,12,14-16,23,30H,3-4,11,13H2,1-2H3. The first-order chi connectivity index (χ1) is 17.0. The van der Waals surface area contributed by atoms with Crippen molar-refractivity contribution >= 4 is 33.9 Å². The number of ketones is 1. The molecule has 0 saturated carbocycles. The molecule has 2 aliphatic rings. The molecular formula is C27H26N2O5S. The minimum Gasteiger partial charge on any atom is -0.507 e. The highest BCUT2D eigenvalue weighted by atomic mass is 32.1. The van der Waals surface area contributed by atoms with E-state index in [1.54, 1.807) is 23.7 Å². The summed E-state index contributed by atoms with van der Waals surface area (Å²) < 4.78 is 11.6. The van der Waals surface area contributed by atoms with E-state index in [1.165, 1.54) is 16.2 Å². The van der Waals surface area contributed by atoms with Crippen LogP contribution < -0.4 is 14.4 Å². The number of ether oxygens (including phenoxy) is 2. The summed E-state index contributed by atoms with van der Waals surface area (Å²) in [5.41, 5.74) is 2.12. The topological polar surface area (TPSA) is 89.0 Å². The molecule has 2 unspecified atom stereocenters. The van der Waals surface area contributed by atoms with Gasteiger partial charge in [0.1, 0.15) is 23.4 Å². The quantitative estimate of drug-likeness (QED) is 0.210. The molecule has 7 nitrogen and oxygen atoms in total. The van der Waals surface area contributed by atoms with Crippen molar-refractivity contribution in [3.63, 3.8) is 0 Å². The molecular weight excluding hydrogens is 464 g/mol. The van der Waals surface area contributed by atoms with E-state index in [0.717, 1.165) is 24.2 Å². The third-order valence-electron chi connectivity index (χ3n) is 6.18. The maximum absolute atomic E-state index is 13.3. The van der Waals surface area contributed by atoms with E-state index in [4.69, 9.17) is 9.47 Å². The van der Waals surface area contributed by atoms with Gasteiger partial charge in [0.05, 0.1) is 18.2 Å². The van der Waals surface area contributed by atoms with Gasteiger partial charge in [-0.2, -0.15) is 0 Å². The van der Waals surface area contributed by atoms with Crippen LogP contribution in [0.3, 0.4) is 0 Å². The first kappa shape index (κ1) is 23.1. The van der Waals surface area contributed by atoms with E-state index >= 15 is 0 Å². The van der Waals surface area contributed by atoms with Crippen molar-refractivity contribution in [2.45, 2.75) is 45.3 Å². The second kappa shape index (κ2) is 9.54. The Kier molecular flexibility index (Phi) is 6.30. The Morgan fingerprint density at radius 3 is 2.89 bits per heavy atom. The van der Waals surface area contributed by atoms with Crippen molar-refractivity contribution in [2.75, 3.05) is 11.5 Å². The van der Waals surface area contributed by atoms with Crippen LogP contribution in [0.1, 0.15) is 49.4 Å². The average Bonchev–Trinajstić information content (AvgIpc) is 3.57. The molecule has 0 aliphatic carbocycles. The molecule has 35 heavy (non-hydrogen) atoms. The van der Waals surface area contributed by atoms with E-state index in [-0.39, 0.29) is 17.4 Å². The van der Waals surface area contributed by atoms with Crippen molar-refractivity contribution < 1.29 is 24.2 Å². The highest BCUT2D eigenvalue weighted by Gasteiger charge is 2.48. The number of carbonyl (C=O) groups is 2. The first-order valence-corrected chi connectivity index (χ1v) is 12.6. The molecule has 1 N–H and O–H groups in total. The van der Waals surface area contributed by atoms with Crippen LogP contribution in [-0.2, 0) is 16.0 Å². The van der Waals surface area contributed by atoms with Gasteiger partial charge < -0.3 is 14.6 Å². The van der Waals surface area contributed by atoms with Gasteiger partial charge in [0.15, 0.2) is 5.13 Å². The lowest BCUT2D eigenvalue weighted by Gasteiger charge is -2.23. The number of Topliss-reactive ketones (excluding diaryl/α,β-unsaturated/α-hetero) is 1. The fraction of sp³-hybridized carbons (Fsp3) is 0.296. The Hall–Kier alpha value is -3.65. The summed E-state index contributed by atoms with van der Waals surface area (Å²) in [6.07, 6.45) is 4.28. The summed E-state index contributed by atoms with van der Waals surface area (Å²) in [6.45, 7) is 4.64. The number of rotatable bonds is 7. The van der Waals surface area contributed by atoms with Crippen molar-refractivity contribution in [3.05, 3.63) is 76.3 Å². The van der Waals surface area contributed by atoms with Crippen molar-refractivity contribution in [1.29, 1.82) is 0 Å². The lowest BCUT2D eigenvalue weighted by atomic mass is 9.94. The Balaban J connectivity index is 1.62. The van der Waals surface area contributed by atoms with Crippen LogP contribution in [0.15, 0.2) is 59.6 Å². The number of aliphatic hydroxyl groups excluding tert-OH is 1. The molecule has 1 amide bonds. The summed E-state index contributed by atoms with van der Waals surface area (Å²) in [5, 5.41) is 13.5. The van der Waals surface area contributed by atoms with Gasteiger partial charge in [0.25, 0.3) is 5.78 Å². The SMILES string of the molecule is CCCCOc1cccc(C2C(=C(O)c3ccc4c(c3)CC(C)O4)C(=O)C(=O)N2c2nccs2)c1. The molecule has 8 heteroatoms. The zero-order valence-corrected chi connectivity index (χ0v) is 20.4. The lowest BCUT2D eigenvalue weighted by Crippen LogP contribution is -2.29. The van der Waals surface area contributed by atoms with Gasteiger partial charge in [0, 0.05) is 23.6 Å². The zero-order valence-electron chi connectivity index (χ0n) is 19.6. The molecule has 2 aromatic carbocycles. The predicted molar refractivity (Wildman–Crippen MR) is 134 cm³/mol. The van der Waals surface area contributed by atoms with Gasteiger partial charge >= 0.3 is 5.91 Å². The fourth-order valence-corrected chi connectivity index (χ4v) is 5.18. The molecule has 5 rings (SSSR count). The summed E-state index contributed by atoms with van der Waals surface area (Å²) >= 11 is 1.26. The molecule has 0 spiro atoms. The predicted octanol–water partition coefficient (Wildman–Crippen LogP) is 5.27. The van der Waals surface area contributed by atoms with Crippen LogP contribution >= 0.6 is 11.3 Å². The second-order valence-electron chi connectivity index (χ2n) is 8.71. The highest BCUT2D eigenvalue weighted by Crippen LogP contribution is 2.44. The maximum atomic E-state index is 13.3. The molecule has 1 fully saturated rings. The lowest BCUT2D eigenvalue weighted by molar-refractivity contribution is -0.132. The second-order valence-corrected chi connectivity index (χ2v) is 9.59. The number of hydrogen-bond donors (Lipinski definition) is 1. The molecule has 3 heterocycles. The van der Waals surface area contributed by atoms with Gasteiger partial charge in [-0.15, -0.1) is 11.3 Å². The van der Waals surface area contributed by atoms with Crippen LogP contribution in [0, 0.1) is 0 Å². The minimum atomic E-state index is -0.834. The van der Waals surface area contributed by atoms with Gasteiger partial charge in [-0.25, -0.2) is 4.98 Å². The molecule has 2 aliphatic heterocycles. The minimum absolute atomic E-state index is 0.0304. The van der Waals surface area contributed by atoms with Crippen LogP contribution in [0.25, 0.3) is 5.76 Å². The smallest absolute Gasteiger partial charge is 0.301 e. The Morgan fingerprint density at radius 2 is 2.11 bits per heavy atom. The van der Waals surface area contributed by atoms with Crippen molar-refractivity contribution in [1.82, 2.24) is 4.98 Å². The number of fused-ring (bicyclic) bond motifs is 1. The third-order valence-corrected chi connectivity index (χ3v) is 6.95. The van der Waals surface area contributed by atoms with Crippen LogP contribution in [0.4, 0.5) is 5.13 Å². The number of unbranched alkanes of at least 4 members (excludes halogenated alkanes) is 1. The summed E-state index contributed by atoms with van der Waals surface area (Å²) in [5.74, 6) is -0.269. The van der Waals surface area contributed by atoms with Gasteiger partial charge in [-0.3, -0.25) is 14.5 Å². The number of amides is 1. The van der Waals surface area contributed by atoms with Gasteiger partial charge in [0.2, 0.25) is 0 Å². The Morgan fingerprint density at radius 1 is 1.26 bits per heavy atom. The Labute approximate surface area is 207 Å². The third kappa shape index (κ3) is 4.30. The van der Waals surface area contributed by atoms with E-state index in [9.17, 15) is 14.7 Å². The normalized spacial score (nSPS) is 20.7. The molecule has 3 aromatic rings. The average molecular weight is 491 g/mol. The molecule has 1 aromatic heterocycles. The molecule has 0 bridgehead atoms. The van der Waals surface area contributed by atoms with Crippen molar-refractivity contribution in [2.24, 2.45) is 0 Å². The van der Waals surface area contributed by atoms with Gasteiger partial charge in [-0.1, -0.05) is 25.5 Å². The number of carbonyl (C=O) groups excluding carboxylic acids is 2. The molecule has 0 radical (unpaired) electrons. The highest BCUT2D eigenvalue weighted by molar-refractivity contribution is 7.14. The van der Waals surface area contributed by atoms with E-state index in [1.807, 2.05) is 37.3 Å². The molecule has 180 valence electrons. The summed E-state index contributed by atoms with van der Waals surface area (Å²) in [6, 6.07) is 11.8. The van der Waals surface area contributed by atoms with Crippen LogP contribution in [0.5, 0.6) is 11.5 Å². The number of aromatic nitrogens is 1. The number of anilines is 1. The van der Waals surface area contributed by atoms with E-state index in [2.05, 4.69) is 11.9 Å². The van der Waals surface area contributed by atoms with E-state index in [0.29, 0.717) is 35.0 Å². The van der Waals surface area contributed by atoms with E-state index < -0.39 is 17.7 Å². The van der Waals surface area contributed by atoms with Crippen molar-refractivity contribution in [3.8, 4) is 11.5 Å². The van der Waals surface area contributed by atoms with Gasteiger partial charge in [-0.05, 0) is 54.8 Å². The monoisotopic (exact) mass is 490 g/mol. The summed E-state index contributed by atoms with van der Waals surface area (Å²) in [7, 11) is 0.